The summed E-state index contributed by atoms with van der Waals surface area (Å²) < 4.78 is 5.37. The Balaban J connectivity index is 1.33. The van der Waals surface area contributed by atoms with E-state index in [1.165, 1.54) is 5.56 Å². The van der Waals surface area contributed by atoms with Crippen molar-refractivity contribution in [2.45, 2.75) is 44.2 Å². The maximum Gasteiger partial charge on any atom is 0.249 e. The second kappa shape index (κ2) is 6.41. The van der Waals surface area contributed by atoms with Crippen LogP contribution >= 0.6 is 11.3 Å². The molecule has 0 unspecified atom stereocenters. The minimum absolute atomic E-state index is 0.0662. The summed E-state index contributed by atoms with van der Waals surface area (Å²) in [7, 11) is 0. The Morgan fingerprint density at radius 1 is 1.35 bits per heavy atom. The van der Waals surface area contributed by atoms with Crippen molar-refractivity contribution in [1.82, 2.24) is 20.4 Å². The van der Waals surface area contributed by atoms with Crippen LogP contribution < -0.4 is 5.32 Å². The number of hydrogen-bond donors (Lipinski definition) is 1. The first-order chi connectivity index (χ1) is 11.3. The van der Waals surface area contributed by atoms with Gasteiger partial charge < -0.3 is 9.84 Å². The fourth-order valence-corrected chi connectivity index (χ4v) is 4.00. The van der Waals surface area contributed by atoms with Crippen molar-refractivity contribution < 1.29 is 9.32 Å². The first-order valence-electron chi connectivity index (χ1n) is 8.14. The number of amides is 1. The monoisotopic (exact) mass is 332 g/mol. The summed E-state index contributed by atoms with van der Waals surface area (Å²) in [5.41, 5.74) is 1.40. The third-order valence-corrected chi connectivity index (χ3v) is 5.42. The smallest absolute Gasteiger partial charge is 0.249 e. The maximum absolute atomic E-state index is 11.3. The molecule has 0 aromatic carbocycles. The molecule has 2 aromatic rings. The zero-order valence-corrected chi connectivity index (χ0v) is 13.7. The van der Waals surface area contributed by atoms with Crippen molar-refractivity contribution in [3.63, 3.8) is 0 Å². The molecule has 7 heteroatoms. The number of likely N-dealkylation sites (tertiary alicyclic amines) is 1. The summed E-state index contributed by atoms with van der Waals surface area (Å²) in [6.07, 6.45) is 3.41. The number of rotatable bonds is 4. The van der Waals surface area contributed by atoms with Crippen molar-refractivity contribution in [2.75, 3.05) is 13.1 Å². The number of nitrogens with one attached hydrogen (secondary N) is 1. The number of nitrogens with zero attached hydrogens (tertiary/aromatic N) is 3. The van der Waals surface area contributed by atoms with E-state index < -0.39 is 0 Å². The Labute approximate surface area is 138 Å². The standard InChI is InChI=1S/C16H20N4O2S/c21-14-2-1-13(17-14)16-18-15(19-22-16)12-3-6-20(7-4-12)9-11-5-8-23-10-11/h5,8,10,12-13H,1-4,6-7,9H2,(H,17,21)/t13-/m1/s1. The van der Waals surface area contributed by atoms with Gasteiger partial charge in [-0.15, -0.1) is 0 Å². The van der Waals surface area contributed by atoms with E-state index in [9.17, 15) is 4.79 Å². The highest BCUT2D eigenvalue weighted by Crippen LogP contribution is 2.29. The number of aromatic nitrogens is 2. The summed E-state index contributed by atoms with van der Waals surface area (Å²) in [6, 6.07) is 2.10. The van der Waals surface area contributed by atoms with Crippen molar-refractivity contribution in [1.29, 1.82) is 0 Å². The van der Waals surface area contributed by atoms with Gasteiger partial charge in [0.1, 0.15) is 6.04 Å². The highest BCUT2D eigenvalue weighted by molar-refractivity contribution is 7.07. The molecule has 4 rings (SSSR count). The first-order valence-corrected chi connectivity index (χ1v) is 9.08. The Hall–Kier alpha value is -1.73. The fraction of sp³-hybridized carbons (Fsp3) is 0.562. The second-order valence-corrected chi connectivity index (χ2v) is 7.11. The highest BCUT2D eigenvalue weighted by Gasteiger charge is 2.30. The van der Waals surface area contributed by atoms with E-state index in [1.54, 1.807) is 11.3 Å². The molecular formula is C16H20N4O2S. The number of carbonyl (C=O) groups excluding carboxylic acids is 1. The SMILES string of the molecule is O=C1CC[C@H](c2nc(C3CCN(Cc4ccsc4)CC3)no2)N1. The predicted molar refractivity (Wildman–Crippen MR) is 86.0 cm³/mol. The van der Waals surface area contributed by atoms with Gasteiger partial charge in [-0.25, -0.2) is 0 Å². The van der Waals surface area contributed by atoms with Gasteiger partial charge in [0, 0.05) is 18.9 Å². The zero-order valence-electron chi connectivity index (χ0n) is 12.9. The van der Waals surface area contributed by atoms with Crippen molar-refractivity contribution in [3.05, 3.63) is 34.1 Å². The third-order valence-electron chi connectivity index (χ3n) is 4.69. The Morgan fingerprint density at radius 3 is 2.91 bits per heavy atom. The summed E-state index contributed by atoms with van der Waals surface area (Å²) in [5, 5.41) is 11.4. The predicted octanol–water partition coefficient (Wildman–Crippen LogP) is 2.46. The van der Waals surface area contributed by atoms with Gasteiger partial charge in [0.25, 0.3) is 0 Å². The molecule has 122 valence electrons. The Bertz CT molecular complexity index is 661. The molecule has 2 aromatic heterocycles. The maximum atomic E-state index is 11.3. The number of hydrogen-bond acceptors (Lipinski definition) is 6. The van der Waals surface area contributed by atoms with Gasteiger partial charge in [0.05, 0.1) is 0 Å². The molecule has 4 heterocycles. The number of piperidine rings is 1. The van der Waals surface area contributed by atoms with Gasteiger partial charge in [-0.1, -0.05) is 5.16 Å². The molecule has 0 aliphatic carbocycles. The second-order valence-electron chi connectivity index (χ2n) is 6.33. The fourth-order valence-electron chi connectivity index (χ4n) is 3.34. The molecule has 0 radical (unpaired) electrons. The van der Waals surface area contributed by atoms with E-state index in [0.717, 1.165) is 44.7 Å². The minimum atomic E-state index is -0.0950. The molecule has 1 amide bonds. The zero-order chi connectivity index (χ0) is 15.6. The molecule has 6 nitrogen and oxygen atoms in total. The van der Waals surface area contributed by atoms with E-state index in [2.05, 4.69) is 37.2 Å². The summed E-state index contributed by atoms with van der Waals surface area (Å²) in [4.78, 5) is 18.3. The molecule has 2 aliphatic heterocycles. The van der Waals surface area contributed by atoms with Crippen LogP contribution in [0.15, 0.2) is 21.3 Å². The van der Waals surface area contributed by atoms with E-state index in [4.69, 9.17) is 4.52 Å². The van der Waals surface area contributed by atoms with Crippen LogP contribution in [-0.4, -0.2) is 34.0 Å². The highest BCUT2D eigenvalue weighted by atomic mass is 32.1. The van der Waals surface area contributed by atoms with E-state index in [0.29, 0.717) is 18.2 Å². The van der Waals surface area contributed by atoms with E-state index in [1.807, 2.05) is 0 Å². The van der Waals surface area contributed by atoms with Gasteiger partial charge in [0.15, 0.2) is 5.82 Å². The van der Waals surface area contributed by atoms with Crippen LogP contribution in [0.25, 0.3) is 0 Å². The molecule has 0 saturated carbocycles. The van der Waals surface area contributed by atoms with E-state index in [-0.39, 0.29) is 11.9 Å². The van der Waals surface area contributed by atoms with Gasteiger partial charge in [-0.3, -0.25) is 9.69 Å². The number of carbonyl (C=O) groups is 1. The minimum Gasteiger partial charge on any atom is -0.344 e. The number of thiophene rings is 1. The lowest BCUT2D eigenvalue weighted by Crippen LogP contribution is -2.32. The summed E-state index contributed by atoms with van der Waals surface area (Å²) >= 11 is 1.75. The molecule has 2 aliphatic rings. The van der Waals surface area contributed by atoms with Gasteiger partial charge in [0.2, 0.25) is 11.8 Å². The van der Waals surface area contributed by atoms with Crippen LogP contribution in [0.4, 0.5) is 0 Å². The van der Waals surface area contributed by atoms with Gasteiger partial charge in [-0.05, 0) is 54.7 Å². The van der Waals surface area contributed by atoms with Crippen molar-refractivity contribution in [2.24, 2.45) is 0 Å². The van der Waals surface area contributed by atoms with Crippen LogP contribution in [0.3, 0.4) is 0 Å². The topological polar surface area (TPSA) is 71.3 Å². The molecule has 23 heavy (non-hydrogen) atoms. The van der Waals surface area contributed by atoms with E-state index >= 15 is 0 Å². The van der Waals surface area contributed by atoms with Crippen LogP contribution in [0.2, 0.25) is 0 Å². The average molecular weight is 332 g/mol. The molecule has 1 atom stereocenters. The molecule has 0 spiro atoms. The molecule has 2 fully saturated rings. The molecule has 0 bridgehead atoms. The van der Waals surface area contributed by atoms with Crippen LogP contribution in [0, 0.1) is 0 Å². The summed E-state index contributed by atoms with van der Waals surface area (Å²) in [5.74, 6) is 1.79. The molecule has 1 N–H and O–H groups in total. The third kappa shape index (κ3) is 3.30. The van der Waals surface area contributed by atoms with Gasteiger partial charge in [-0.2, -0.15) is 16.3 Å². The van der Waals surface area contributed by atoms with Crippen LogP contribution in [-0.2, 0) is 11.3 Å². The lowest BCUT2D eigenvalue weighted by molar-refractivity contribution is -0.119. The Morgan fingerprint density at radius 2 is 2.22 bits per heavy atom. The van der Waals surface area contributed by atoms with Gasteiger partial charge >= 0.3 is 0 Å². The van der Waals surface area contributed by atoms with Crippen molar-refractivity contribution in [3.8, 4) is 0 Å². The quantitative estimate of drug-likeness (QED) is 0.931. The van der Waals surface area contributed by atoms with Crippen molar-refractivity contribution >= 4 is 17.2 Å². The average Bonchev–Trinajstić information content (AvgIpc) is 3.29. The normalized spacial score (nSPS) is 23.3. The molecular weight excluding hydrogens is 312 g/mol. The van der Waals surface area contributed by atoms with Crippen LogP contribution in [0.1, 0.15) is 54.9 Å². The largest absolute Gasteiger partial charge is 0.344 e. The lowest BCUT2D eigenvalue weighted by atomic mass is 9.96. The summed E-state index contributed by atoms with van der Waals surface area (Å²) in [6.45, 7) is 3.15. The Kier molecular flexibility index (Phi) is 4.13. The molecule has 2 saturated heterocycles. The first kappa shape index (κ1) is 14.8. The lowest BCUT2D eigenvalue weighted by Gasteiger charge is -2.30. The van der Waals surface area contributed by atoms with Crippen LogP contribution in [0.5, 0.6) is 0 Å².